The van der Waals surface area contributed by atoms with Crippen LogP contribution in [-0.2, 0) is 16.8 Å². The maximum absolute atomic E-state index is 8.41. The summed E-state index contributed by atoms with van der Waals surface area (Å²) in [6.45, 7) is 0. The number of halogens is 1. The summed E-state index contributed by atoms with van der Waals surface area (Å²) in [4.78, 5) is 0. The van der Waals surface area contributed by atoms with E-state index in [4.69, 9.17) is 14.0 Å². The molecule has 0 saturated carbocycles. The molecule has 0 spiro atoms. The van der Waals surface area contributed by atoms with Crippen molar-refractivity contribution in [3.8, 4) is 0 Å². The molecule has 0 aliphatic rings. The number of rotatable bonds is 0. The molecule has 0 fully saturated rings. The van der Waals surface area contributed by atoms with E-state index in [9.17, 15) is 0 Å². The van der Waals surface area contributed by atoms with Gasteiger partial charge in [-0.05, 0) is 0 Å². The van der Waals surface area contributed by atoms with Gasteiger partial charge in [-0.2, -0.15) is 0 Å². The van der Waals surface area contributed by atoms with Crippen LogP contribution in [0.5, 0.6) is 0 Å². The zero-order chi connectivity index (χ0) is 3.58. The molecule has 1 radical (unpaired) electrons. The monoisotopic (exact) mass is 142 g/mol. The summed E-state index contributed by atoms with van der Waals surface area (Å²) in [7, 11) is -2.85. The first-order valence-corrected chi connectivity index (χ1v) is 1.39. The molecule has 5 heavy (non-hydrogen) atoms. The summed E-state index contributed by atoms with van der Waals surface area (Å²) >= 11 is 0. The molecule has 0 unspecified atom stereocenters. The maximum atomic E-state index is 8.41. The average molecular weight is 142 g/mol. The third kappa shape index (κ3) is 73.2. The predicted octanol–water partition coefficient (Wildman–Crippen LogP) is -3.57. The van der Waals surface area contributed by atoms with Crippen LogP contribution in [0.4, 0.5) is 0 Å². The molecular weight excluding hydrogens is 142 g/mol. The summed E-state index contributed by atoms with van der Waals surface area (Å²) < 4.78 is 25.2. The van der Waals surface area contributed by atoms with Crippen LogP contribution in [0.1, 0.15) is 0 Å². The van der Waals surface area contributed by atoms with Gasteiger partial charge in [0.2, 0.25) is 0 Å². The Morgan fingerprint density at radius 3 is 1.00 bits per heavy atom. The van der Waals surface area contributed by atoms with Crippen LogP contribution in [0.2, 0.25) is 0 Å². The van der Waals surface area contributed by atoms with Crippen molar-refractivity contribution in [3.05, 3.63) is 0 Å². The van der Waals surface area contributed by atoms with E-state index in [-0.39, 0.29) is 16.8 Å². The Kier molecular flexibility index (Phi) is 8.59. The summed E-state index contributed by atoms with van der Waals surface area (Å²) in [5, 5.41) is 0. The molecule has 0 aromatic carbocycles. The first kappa shape index (κ1) is 9.18. The zero-order valence-electron chi connectivity index (χ0n) is 1.94. The van der Waals surface area contributed by atoms with Crippen molar-refractivity contribution in [2.75, 3.05) is 0 Å². The third-order valence-electron chi connectivity index (χ3n) is 0. The van der Waals surface area contributed by atoms with Crippen LogP contribution in [-0.4, -0.2) is 0 Å². The van der Waals surface area contributed by atoms with Gasteiger partial charge in [-0.15, -0.1) is 0 Å². The maximum Gasteiger partial charge on any atom is 2.00 e. The molecule has 0 N–H and O–H groups in total. The van der Waals surface area contributed by atoms with Crippen molar-refractivity contribution in [1.82, 2.24) is 0 Å². The minimum Gasteiger partial charge on any atom is -0.357 e. The smallest absolute Gasteiger partial charge is 0.357 e. The first-order valence-electron chi connectivity index (χ1n) is 0.463. The molecule has 0 atom stereocenters. The van der Waals surface area contributed by atoms with Crippen LogP contribution >= 0.6 is 0 Å². The molecule has 0 aliphatic heterocycles. The van der Waals surface area contributed by atoms with E-state index < -0.39 is 10.8 Å². The van der Waals surface area contributed by atoms with Crippen molar-refractivity contribution in [2.45, 2.75) is 0 Å². The standard InChI is InChI=1S/ClO3.Co/c2-1(3)4;/q-1;+2. The van der Waals surface area contributed by atoms with E-state index in [0.29, 0.717) is 0 Å². The SMILES string of the molecule is [Co+2].[O-][Cl+2]([O-])[O-]. The number of hydrogen-bond acceptors (Lipinski definition) is 3. The fourth-order valence-electron chi connectivity index (χ4n) is 0. The second-order valence-corrected chi connectivity index (χ2v) is 0.567. The molecule has 0 amide bonds. The van der Waals surface area contributed by atoms with Crippen LogP contribution < -0.4 is 14.0 Å². The molecule has 0 heterocycles. The van der Waals surface area contributed by atoms with Gasteiger partial charge < -0.3 is 14.0 Å². The van der Waals surface area contributed by atoms with Crippen molar-refractivity contribution in [1.29, 1.82) is 0 Å². The van der Waals surface area contributed by atoms with Gasteiger partial charge in [-0.1, -0.05) is 0 Å². The zero-order valence-corrected chi connectivity index (χ0v) is 3.73. The summed E-state index contributed by atoms with van der Waals surface area (Å²) in [5.41, 5.74) is 0. The molecule has 0 bridgehead atoms. The van der Waals surface area contributed by atoms with Gasteiger partial charge in [-0.25, -0.2) is 0 Å². The van der Waals surface area contributed by atoms with Crippen molar-refractivity contribution < 1.29 is 41.5 Å². The molecule has 0 aromatic rings. The fourth-order valence-corrected chi connectivity index (χ4v) is 0. The van der Waals surface area contributed by atoms with Crippen LogP contribution in [0, 0.1) is 10.8 Å². The van der Waals surface area contributed by atoms with Gasteiger partial charge in [0.15, 0.2) is 0 Å². The van der Waals surface area contributed by atoms with Gasteiger partial charge >= 0.3 is 16.8 Å². The van der Waals surface area contributed by atoms with E-state index in [0.717, 1.165) is 0 Å². The first-order chi connectivity index (χ1) is 1.73. The summed E-state index contributed by atoms with van der Waals surface area (Å²) in [6, 6.07) is 0. The van der Waals surface area contributed by atoms with E-state index >= 15 is 0 Å². The van der Waals surface area contributed by atoms with Crippen molar-refractivity contribution >= 4 is 0 Å². The Hall–Kier alpha value is 0.676. The average Bonchev–Trinajstić information content (AvgIpc) is 0.811. The van der Waals surface area contributed by atoms with Gasteiger partial charge in [0.25, 0.3) is 0 Å². The van der Waals surface area contributed by atoms with Crippen LogP contribution in [0.15, 0.2) is 0 Å². The second kappa shape index (κ2) is 4.68. The minimum atomic E-state index is -2.85. The Morgan fingerprint density at radius 2 is 1.00 bits per heavy atom. The second-order valence-electron chi connectivity index (χ2n) is 0.189. The van der Waals surface area contributed by atoms with Gasteiger partial charge in [0.05, 0.1) is 10.8 Å². The molecule has 5 heteroatoms. The number of hydrogen-bond donors (Lipinski definition) is 0. The molecule has 0 aromatic heterocycles. The Bertz CT molecular complexity index is 11.6. The largest absolute Gasteiger partial charge is 2.00 e. The predicted molar refractivity (Wildman–Crippen MR) is 0 cm³/mol. The van der Waals surface area contributed by atoms with E-state index in [1.807, 2.05) is 0 Å². The van der Waals surface area contributed by atoms with E-state index in [1.165, 1.54) is 0 Å². The summed E-state index contributed by atoms with van der Waals surface area (Å²) in [5.74, 6) is 0. The van der Waals surface area contributed by atoms with Crippen molar-refractivity contribution in [3.63, 3.8) is 0 Å². The van der Waals surface area contributed by atoms with Crippen molar-refractivity contribution in [2.24, 2.45) is 0 Å². The Labute approximate surface area is 42.2 Å². The molecule has 0 rings (SSSR count). The van der Waals surface area contributed by atoms with Gasteiger partial charge in [-0.3, -0.25) is 0 Å². The minimum absolute atomic E-state index is 0. The summed E-state index contributed by atoms with van der Waals surface area (Å²) in [6.07, 6.45) is 0. The molecule has 33 valence electrons. The molecule has 0 saturated heterocycles. The topological polar surface area (TPSA) is 69.2 Å². The van der Waals surface area contributed by atoms with E-state index in [2.05, 4.69) is 0 Å². The molecule has 0 aliphatic carbocycles. The third-order valence-corrected chi connectivity index (χ3v) is 0. The van der Waals surface area contributed by atoms with Crippen LogP contribution in [0.25, 0.3) is 0 Å². The van der Waals surface area contributed by atoms with E-state index in [1.54, 1.807) is 0 Å². The fraction of sp³-hybridized carbons (Fsp3) is 0. The van der Waals surface area contributed by atoms with Crippen LogP contribution in [0.3, 0.4) is 0 Å². The Balaban J connectivity index is 0. The quantitative estimate of drug-likeness (QED) is 0.351. The normalized spacial score (nSPS) is 7.20. The van der Waals surface area contributed by atoms with Gasteiger partial charge in [0.1, 0.15) is 0 Å². The van der Waals surface area contributed by atoms with Gasteiger partial charge in [0, 0.05) is 0 Å². The molecular formula is ClCoO3+. The molecule has 3 nitrogen and oxygen atoms in total. The Morgan fingerprint density at radius 1 is 1.00 bits per heavy atom.